The number of carbonyl (C=O) groups is 1. The Labute approximate surface area is 174 Å². The molecule has 0 N–H and O–H groups in total. The summed E-state index contributed by atoms with van der Waals surface area (Å²) in [4.78, 5) is 13.9. The highest BCUT2D eigenvalue weighted by molar-refractivity contribution is 7.96. The van der Waals surface area contributed by atoms with Gasteiger partial charge in [0.25, 0.3) is 0 Å². The Morgan fingerprint density at radius 3 is 1.48 bits per heavy atom. The fourth-order valence-electron chi connectivity index (χ4n) is 4.47. The van der Waals surface area contributed by atoms with Crippen molar-refractivity contribution in [2.24, 2.45) is 5.92 Å². The quantitative estimate of drug-likeness (QED) is 0.491. The Morgan fingerprint density at radius 1 is 0.759 bits per heavy atom. The van der Waals surface area contributed by atoms with Crippen LogP contribution in [0.1, 0.15) is 39.0 Å². The van der Waals surface area contributed by atoms with Crippen molar-refractivity contribution < 1.29 is 4.79 Å². The molecule has 29 heavy (non-hydrogen) atoms. The summed E-state index contributed by atoms with van der Waals surface area (Å²) in [5.41, 5.74) is 0. The number of hydrogen-bond donors (Lipinski definition) is 0. The Kier molecular flexibility index (Phi) is 6.16. The lowest BCUT2D eigenvalue weighted by atomic mass is 9.80. The topological polar surface area (TPSA) is 17.1 Å². The van der Waals surface area contributed by atoms with Crippen molar-refractivity contribution in [1.82, 2.24) is 0 Å². The van der Waals surface area contributed by atoms with E-state index >= 15 is 0 Å². The first-order chi connectivity index (χ1) is 14.3. The summed E-state index contributed by atoms with van der Waals surface area (Å²) < 4.78 is 0. The van der Waals surface area contributed by atoms with E-state index in [1.807, 2.05) is 0 Å². The first kappa shape index (κ1) is 19.9. The summed E-state index contributed by atoms with van der Waals surface area (Å²) in [5.74, 6) is 0.634. The van der Waals surface area contributed by atoms with Crippen LogP contribution in [0.5, 0.6) is 0 Å². The standard InChI is InChI=1S/C27H29OP/c1-2-13-26(27(28)22-14-12-15-22)29(23-16-6-3-7-17-23,24-18-8-4-9-19-24)25-20-10-5-11-21-25/h3-11,16-22H,2,12-15H2,1H3. The molecule has 0 aromatic heterocycles. The van der Waals surface area contributed by atoms with Crippen LogP contribution in [0.3, 0.4) is 0 Å². The zero-order valence-corrected chi connectivity index (χ0v) is 18.0. The minimum Gasteiger partial charge on any atom is -0.294 e. The van der Waals surface area contributed by atoms with Gasteiger partial charge in [-0.2, -0.15) is 0 Å². The highest BCUT2D eigenvalue weighted by atomic mass is 31.2. The second-order valence-electron chi connectivity index (χ2n) is 7.87. The Hall–Kier alpha value is -2.37. The molecule has 1 aliphatic carbocycles. The molecule has 1 aliphatic rings. The zero-order chi connectivity index (χ0) is 20.1. The second kappa shape index (κ2) is 8.97. The molecule has 4 rings (SSSR count). The van der Waals surface area contributed by atoms with Crippen molar-refractivity contribution in [3.63, 3.8) is 0 Å². The van der Waals surface area contributed by atoms with Gasteiger partial charge < -0.3 is 0 Å². The summed E-state index contributed by atoms with van der Waals surface area (Å²) in [5, 5.41) is 5.02. The third kappa shape index (κ3) is 3.65. The van der Waals surface area contributed by atoms with Gasteiger partial charge in [0.05, 0.1) is 0 Å². The van der Waals surface area contributed by atoms with E-state index in [9.17, 15) is 4.79 Å². The zero-order valence-electron chi connectivity index (χ0n) is 17.1. The van der Waals surface area contributed by atoms with Gasteiger partial charge >= 0.3 is 0 Å². The Bertz CT molecular complexity index is 899. The van der Waals surface area contributed by atoms with Crippen molar-refractivity contribution in [3.8, 4) is 0 Å². The van der Waals surface area contributed by atoms with Crippen molar-refractivity contribution in [2.45, 2.75) is 39.0 Å². The van der Waals surface area contributed by atoms with Crippen LogP contribution in [0.25, 0.3) is 0 Å². The average Bonchev–Trinajstić information content (AvgIpc) is 2.75. The minimum absolute atomic E-state index is 0.215. The minimum atomic E-state index is -2.20. The maximum Gasteiger partial charge on any atom is 0.162 e. The first-order valence-electron chi connectivity index (χ1n) is 10.7. The lowest BCUT2D eigenvalue weighted by Gasteiger charge is -2.35. The SMILES string of the molecule is CCCC(C(=O)C1CCC1)=P(c1ccccc1)(c1ccccc1)c1ccccc1. The summed E-state index contributed by atoms with van der Waals surface area (Å²) in [6.45, 7) is -0.00398. The number of benzene rings is 3. The Morgan fingerprint density at radius 2 is 1.17 bits per heavy atom. The van der Waals surface area contributed by atoms with Gasteiger partial charge in [-0.15, -0.1) is 0 Å². The van der Waals surface area contributed by atoms with Gasteiger partial charge in [0.15, 0.2) is 5.78 Å². The van der Waals surface area contributed by atoms with Gasteiger partial charge in [0, 0.05) is 11.2 Å². The van der Waals surface area contributed by atoms with E-state index in [0.29, 0.717) is 5.78 Å². The first-order valence-corrected chi connectivity index (χ1v) is 12.5. The van der Waals surface area contributed by atoms with Crippen LogP contribution in [0.2, 0.25) is 0 Å². The fourth-order valence-corrected chi connectivity index (χ4v) is 9.23. The molecule has 3 aromatic carbocycles. The van der Waals surface area contributed by atoms with Crippen molar-refractivity contribution in [3.05, 3.63) is 91.0 Å². The van der Waals surface area contributed by atoms with Crippen molar-refractivity contribution in [1.29, 1.82) is 0 Å². The van der Waals surface area contributed by atoms with Gasteiger partial charge in [-0.1, -0.05) is 111 Å². The van der Waals surface area contributed by atoms with Crippen molar-refractivity contribution in [2.75, 3.05) is 0 Å². The van der Waals surface area contributed by atoms with Gasteiger partial charge in [-0.25, -0.2) is 0 Å². The smallest absolute Gasteiger partial charge is 0.162 e. The number of carbonyl (C=O) groups excluding carboxylic acids is 1. The molecule has 0 unspecified atom stereocenters. The lowest BCUT2D eigenvalue weighted by molar-refractivity contribution is -0.118. The molecule has 148 valence electrons. The molecule has 0 saturated heterocycles. The highest BCUT2D eigenvalue weighted by Crippen LogP contribution is 2.48. The summed E-state index contributed by atoms with van der Waals surface area (Å²) in [6.07, 6.45) is 5.13. The molecular weight excluding hydrogens is 371 g/mol. The molecule has 0 aliphatic heterocycles. The van der Waals surface area contributed by atoms with Gasteiger partial charge in [-0.05, 0) is 42.1 Å². The maximum atomic E-state index is 13.9. The molecule has 0 radical (unpaired) electrons. The summed E-state index contributed by atoms with van der Waals surface area (Å²) in [6, 6.07) is 32.3. The molecule has 2 heteroatoms. The van der Waals surface area contributed by atoms with Gasteiger partial charge in [-0.3, -0.25) is 4.79 Å². The van der Waals surface area contributed by atoms with E-state index in [-0.39, 0.29) is 5.92 Å². The predicted octanol–water partition coefficient (Wildman–Crippen LogP) is 5.32. The van der Waals surface area contributed by atoms with E-state index in [1.54, 1.807) is 0 Å². The second-order valence-corrected chi connectivity index (χ2v) is 11.3. The van der Waals surface area contributed by atoms with Crippen LogP contribution in [-0.4, -0.2) is 11.1 Å². The normalized spacial score (nSPS) is 14.2. The largest absolute Gasteiger partial charge is 0.294 e. The van der Waals surface area contributed by atoms with Crippen LogP contribution in [0.15, 0.2) is 91.0 Å². The average molecular weight is 401 g/mol. The summed E-state index contributed by atoms with van der Waals surface area (Å²) in [7, 11) is 0. The number of rotatable bonds is 7. The van der Waals surface area contributed by atoms with Gasteiger partial charge in [0.2, 0.25) is 0 Å². The predicted molar refractivity (Wildman–Crippen MR) is 127 cm³/mol. The Balaban J connectivity index is 2.16. The fraction of sp³-hybridized carbons (Fsp3) is 0.259. The lowest BCUT2D eigenvalue weighted by Crippen LogP contribution is -2.37. The van der Waals surface area contributed by atoms with E-state index in [2.05, 4.69) is 97.9 Å². The monoisotopic (exact) mass is 400 g/mol. The molecule has 1 saturated carbocycles. The van der Waals surface area contributed by atoms with Gasteiger partial charge in [0.1, 0.15) is 0 Å². The molecule has 0 spiro atoms. The van der Waals surface area contributed by atoms with E-state index in [1.165, 1.54) is 22.3 Å². The van der Waals surface area contributed by atoms with Crippen molar-refractivity contribution >= 4 is 33.9 Å². The number of hydrogen-bond acceptors (Lipinski definition) is 1. The van der Waals surface area contributed by atoms with Crippen LogP contribution < -0.4 is 15.9 Å². The maximum absolute atomic E-state index is 13.9. The molecule has 0 amide bonds. The van der Waals surface area contributed by atoms with Crippen LogP contribution >= 0.6 is 6.89 Å². The van der Waals surface area contributed by atoms with Crippen LogP contribution in [0.4, 0.5) is 0 Å². The molecule has 0 bridgehead atoms. The van der Waals surface area contributed by atoms with Crippen LogP contribution in [-0.2, 0) is 4.79 Å². The summed E-state index contributed by atoms with van der Waals surface area (Å²) >= 11 is 0. The third-order valence-corrected chi connectivity index (χ3v) is 10.6. The molecule has 1 fully saturated rings. The molecule has 0 heterocycles. The molecule has 3 aromatic rings. The van der Waals surface area contributed by atoms with Crippen LogP contribution in [0, 0.1) is 5.92 Å². The van der Waals surface area contributed by atoms with E-state index < -0.39 is 6.89 Å². The van der Waals surface area contributed by atoms with E-state index in [0.717, 1.165) is 31.0 Å². The molecule has 1 nitrogen and oxygen atoms in total. The number of ketones is 1. The molecule has 0 atom stereocenters. The van der Waals surface area contributed by atoms with E-state index in [4.69, 9.17) is 0 Å². The molecular formula is C27H29OP. The number of Topliss-reactive ketones (excluding diaryl/α,β-unsaturated/α-hetero) is 1. The third-order valence-electron chi connectivity index (χ3n) is 6.08. The highest BCUT2D eigenvalue weighted by Gasteiger charge is 2.36.